The van der Waals surface area contributed by atoms with Gasteiger partial charge in [0, 0.05) is 6.42 Å². The first-order valence-electron chi connectivity index (χ1n) is 8.15. The number of hydrazine groups is 1. The summed E-state index contributed by atoms with van der Waals surface area (Å²) in [6, 6.07) is 7.30. The highest BCUT2D eigenvalue weighted by Gasteiger charge is 2.10. The molecule has 0 saturated heterocycles. The summed E-state index contributed by atoms with van der Waals surface area (Å²) in [5, 5.41) is 2.27. The Hall–Kier alpha value is -2.68. The second-order valence-corrected chi connectivity index (χ2v) is 5.73. The smallest absolute Gasteiger partial charge is 0.306 e. The Bertz CT molecular complexity index is 651. The standard InChI is InChI=1S/C17H23N3O5S/c1-3-10-24-16(23)9-8-14(21)18-17(26)20-19-15(22)11-25-13-7-5-4-6-12(13)2/h4-7H,3,8-11H2,1-2H3,(H,19,22)(H2,18,20,21,26). The van der Waals surface area contributed by atoms with Crippen molar-refractivity contribution >= 4 is 35.1 Å². The van der Waals surface area contributed by atoms with Gasteiger partial charge in [-0.05, 0) is 37.2 Å². The Morgan fingerprint density at radius 3 is 2.50 bits per heavy atom. The number of amides is 2. The van der Waals surface area contributed by atoms with Crippen molar-refractivity contribution in [1.82, 2.24) is 16.2 Å². The zero-order valence-corrected chi connectivity index (χ0v) is 15.6. The van der Waals surface area contributed by atoms with E-state index in [4.69, 9.17) is 21.7 Å². The first-order valence-corrected chi connectivity index (χ1v) is 8.56. The molecule has 9 heteroatoms. The zero-order chi connectivity index (χ0) is 19.4. The highest BCUT2D eigenvalue weighted by Crippen LogP contribution is 2.15. The van der Waals surface area contributed by atoms with Crippen LogP contribution in [0.2, 0.25) is 0 Å². The summed E-state index contributed by atoms with van der Waals surface area (Å²) >= 11 is 4.88. The van der Waals surface area contributed by atoms with Gasteiger partial charge in [-0.2, -0.15) is 0 Å². The van der Waals surface area contributed by atoms with E-state index in [9.17, 15) is 14.4 Å². The Kier molecular flexibility index (Phi) is 9.70. The Labute approximate surface area is 157 Å². The number of ether oxygens (including phenoxy) is 2. The van der Waals surface area contributed by atoms with Gasteiger partial charge >= 0.3 is 5.97 Å². The van der Waals surface area contributed by atoms with Crippen molar-refractivity contribution in [1.29, 1.82) is 0 Å². The number of rotatable bonds is 8. The SMILES string of the molecule is CCCOC(=O)CCC(=O)NC(=S)NNC(=O)COc1ccccc1C. The maximum atomic E-state index is 11.7. The van der Waals surface area contributed by atoms with Crippen LogP contribution in [0, 0.1) is 6.92 Å². The summed E-state index contributed by atoms with van der Waals surface area (Å²) in [5.74, 6) is -0.759. The molecule has 1 aromatic rings. The lowest BCUT2D eigenvalue weighted by molar-refractivity contribution is -0.144. The molecule has 0 bridgehead atoms. The number of thiocarbonyl (C=S) groups is 1. The fourth-order valence-corrected chi connectivity index (χ4v) is 1.91. The highest BCUT2D eigenvalue weighted by atomic mass is 32.1. The molecule has 1 rings (SSSR count). The van der Waals surface area contributed by atoms with E-state index >= 15 is 0 Å². The van der Waals surface area contributed by atoms with Crippen molar-refractivity contribution in [3.8, 4) is 5.75 Å². The lowest BCUT2D eigenvalue weighted by Gasteiger charge is -2.12. The average molecular weight is 381 g/mol. The fourth-order valence-electron chi connectivity index (χ4n) is 1.75. The molecule has 0 heterocycles. The Morgan fingerprint density at radius 1 is 1.08 bits per heavy atom. The third-order valence-electron chi connectivity index (χ3n) is 3.04. The second-order valence-electron chi connectivity index (χ2n) is 5.33. The fraction of sp³-hybridized carbons (Fsp3) is 0.412. The summed E-state index contributed by atoms with van der Waals surface area (Å²) in [7, 11) is 0. The number of carbonyl (C=O) groups excluding carboxylic acids is 3. The first-order chi connectivity index (χ1) is 12.4. The van der Waals surface area contributed by atoms with E-state index in [1.165, 1.54) is 0 Å². The molecular formula is C17H23N3O5S. The zero-order valence-electron chi connectivity index (χ0n) is 14.8. The maximum absolute atomic E-state index is 11.7. The summed E-state index contributed by atoms with van der Waals surface area (Å²) in [6.45, 7) is 3.87. The number of esters is 1. The normalized spacial score (nSPS) is 9.77. The predicted molar refractivity (Wildman–Crippen MR) is 99.2 cm³/mol. The van der Waals surface area contributed by atoms with Gasteiger partial charge in [0.15, 0.2) is 11.7 Å². The van der Waals surface area contributed by atoms with Gasteiger partial charge in [0.1, 0.15) is 5.75 Å². The van der Waals surface area contributed by atoms with Crippen LogP contribution in [0.5, 0.6) is 5.75 Å². The molecule has 0 unspecified atom stereocenters. The molecule has 3 N–H and O–H groups in total. The van der Waals surface area contributed by atoms with Crippen molar-refractivity contribution in [3.05, 3.63) is 29.8 Å². The predicted octanol–water partition coefficient (Wildman–Crippen LogP) is 1.13. The number of carbonyl (C=O) groups is 3. The molecule has 8 nitrogen and oxygen atoms in total. The molecule has 1 aromatic carbocycles. The Morgan fingerprint density at radius 2 is 1.81 bits per heavy atom. The van der Waals surface area contributed by atoms with E-state index in [-0.39, 0.29) is 24.6 Å². The van der Waals surface area contributed by atoms with Crippen LogP contribution < -0.4 is 20.9 Å². The summed E-state index contributed by atoms with van der Waals surface area (Å²) < 4.78 is 10.2. The molecular weight excluding hydrogens is 358 g/mol. The van der Waals surface area contributed by atoms with Crippen molar-refractivity contribution in [2.75, 3.05) is 13.2 Å². The summed E-state index contributed by atoms with van der Waals surface area (Å²) in [6.07, 6.45) is 0.624. The molecule has 0 atom stereocenters. The first kappa shape index (κ1) is 21.4. The largest absolute Gasteiger partial charge is 0.483 e. The van der Waals surface area contributed by atoms with Gasteiger partial charge < -0.3 is 14.8 Å². The monoisotopic (exact) mass is 381 g/mol. The van der Waals surface area contributed by atoms with Crippen LogP contribution in [0.3, 0.4) is 0 Å². The molecule has 0 radical (unpaired) electrons. The van der Waals surface area contributed by atoms with Crippen LogP contribution in [-0.2, 0) is 19.1 Å². The molecule has 142 valence electrons. The van der Waals surface area contributed by atoms with E-state index in [0.29, 0.717) is 12.4 Å². The number of nitrogens with one attached hydrogen (secondary N) is 3. The van der Waals surface area contributed by atoms with Gasteiger partial charge in [-0.1, -0.05) is 25.1 Å². The lowest BCUT2D eigenvalue weighted by atomic mass is 10.2. The molecule has 0 aliphatic heterocycles. The minimum atomic E-state index is -0.465. The number of hydrogen-bond donors (Lipinski definition) is 3. The molecule has 0 aliphatic carbocycles. The van der Waals surface area contributed by atoms with Gasteiger partial charge in [-0.25, -0.2) is 0 Å². The number of hydrogen-bond acceptors (Lipinski definition) is 6. The summed E-state index contributed by atoms with van der Waals surface area (Å²) in [4.78, 5) is 34.6. The van der Waals surface area contributed by atoms with E-state index in [1.807, 2.05) is 26.0 Å². The minimum absolute atomic E-state index is 0.0366. The van der Waals surface area contributed by atoms with E-state index in [0.717, 1.165) is 12.0 Å². The second kappa shape index (κ2) is 11.8. The van der Waals surface area contributed by atoms with E-state index in [2.05, 4.69) is 16.2 Å². The third-order valence-corrected chi connectivity index (χ3v) is 3.25. The molecule has 0 fully saturated rings. The molecule has 0 saturated carbocycles. The van der Waals surface area contributed by atoms with Crippen LogP contribution >= 0.6 is 12.2 Å². The molecule has 0 aromatic heterocycles. The van der Waals surface area contributed by atoms with Crippen LogP contribution in [0.4, 0.5) is 0 Å². The third kappa shape index (κ3) is 8.97. The van der Waals surface area contributed by atoms with Gasteiger partial charge in [-0.15, -0.1) is 0 Å². The van der Waals surface area contributed by atoms with Crippen LogP contribution in [0.25, 0.3) is 0 Å². The van der Waals surface area contributed by atoms with E-state index < -0.39 is 17.8 Å². The molecule has 0 spiro atoms. The van der Waals surface area contributed by atoms with Gasteiger partial charge in [0.05, 0.1) is 13.0 Å². The van der Waals surface area contributed by atoms with Crippen LogP contribution in [-0.4, -0.2) is 36.1 Å². The number of benzene rings is 1. The molecule has 2 amide bonds. The topological polar surface area (TPSA) is 106 Å². The van der Waals surface area contributed by atoms with Gasteiger partial charge in [0.25, 0.3) is 5.91 Å². The van der Waals surface area contributed by atoms with Crippen molar-refractivity contribution in [3.63, 3.8) is 0 Å². The quantitative estimate of drug-likeness (QED) is 0.352. The van der Waals surface area contributed by atoms with Crippen molar-refractivity contribution in [2.45, 2.75) is 33.1 Å². The van der Waals surface area contributed by atoms with Crippen LogP contribution in [0.15, 0.2) is 24.3 Å². The van der Waals surface area contributed by atoms with E-state index in [1.54, 1.807) is 12.1 Å². The Balaban J connectivity index is 2.20. The van der Waals surface area contributed by atoms with Crippen molar-refractivity contribution in [2.24, 2.45) is 0 Å². The lowest BCUT2D eigenvalue weighted by Crippen LogP contribution is -2.49. The number of aryl methyl sites for hydroxylation is 1. The number of para-hydroxylation sites is 1. The van der Waals surface area contributed by atoms with Gasteiger partial charge in [-0.3, -0.25) is 25.2 Å². The van der Waals surface area contributed by atoms with Crippen molar-refractivity contribution < 1.29 is 23.9 Å². The van der Waals surface area contributed by atoms with Gasteiger partial charge in [0.2, 0.25) is 5.91 Å². The highest BCUT2D eigenvalue weighted by molar-refractivity contribution is 7.80. The molecule has 26 heavy (non-hydrogen) atoms. The van der Waals surface area contributed by atoms with Crippen LogP contribution in [0.1, 0.15) is 31.7 Å². The minimum Gasteiger partial charge on any atom is -0.483 e. The maximum Gasteiger partial charge on any atom is 0.306 e. The molecule has 0 aliphatic rings. The average Bonchev–Trinajstić information content (AvgIpc) is 2.62. The summed E-state index contributed by atoms with van der Waals surface area (Å²) in [5.41, 5.74) is 5.61.